The van der Waals surface area contributed by atoms with Gasteiger partial charge < -0.3 is 17.7 Å². The minimum atomic E-state index is -5.20. The first-order valence-corrected chi connectivity index (χ1v) is 6.58. The van der Waals surface area contributed by atoms with Crippen molar-refractivity contribution in [2.75, 3.05) is 6.61 Å². The molecule has 7 heteroatoms. The molecule has 0 radical (unpaired) electrons. The summed E-state index contributed by atoms with van der Waals surface area (Å²) in [5.41, 5.74) is -0.946. The second kappa shape index (κ2) is 8.17. The average Bonchev–Trinajstić information content (AvgIpc) is 2.36. The van der Waals surface area contributed by atoms with Gasteiger partial charge in [0.25, 0.3) is 0 Å². The number of hydrogen-bond acceptors (Lipinski definition) is 1. The molecule has 0 bridgehead atoms. The summed E-state index contributed by atoms with van der Waals surface area (Å²) < 4.78 is 56.2. The van der Waals surface area contributed by atoms with E-state index in [1.807, 2.05) is 0 Å². The number of hydrogen-bond donors (Lipinski definition) is 0. The van der Waals surface area contributed by atoms with Crippen LogP contribution >= 0.6 is 0 Å². The van der Waals surface area contributed by atoms with Crippen molar-refractivity contribution < 1.29 is 73.5 Å². The van der Waals surface area contributed by atoms with E-state index in [0.717, 1.165) is 37.8 Å². The Morgan fingerprint density at radius 1 is 1.05 bits per heavy atom. The van der Waals surface area contributed by atoms with E-state index in [-0.39, 0.29) is 57.1 Å². The molecule has 0 amide bonds. The van der Waals surface area contributed by atoms with E-state index in [4.69, 9.17) is 4.74 Å². The zero-order chi connectivity index (χ0) is 13.9. The van der Waals surface area contributed by atoms with Gasteiger partial charge in [-0.2, -0.15) is 0 Å². The smallest absolute Gasteiger partial charge is 0.493 e. The molecule has 1 aromatic carbocycles. The van der Waals surface area contributed by atoms with Crippen LogP contribution in [0.2, 0.25) is 0 Å². The van der Waals surface area contributed by atoms with Gasteiger partial charge in [0, 0.05) is 6.07 Å². The predicted molar refractivity (Wildman–Crippen MR) is 67.2 cm³/mol. The summed E-state index contributed by atoms with van der Waals surface area (Å²) in [6.07, 6.45) is 5.54. The Bertz CT molecular complexity index is 433. The third kappa shape index (κ3) is 5.67. The quantitative estimate of drug-likeness (QED) is 0.591. The number of rotatable bonds is 4. The average molecular weight is 314 g/mol. The van der Waals surface area contributed by atoms with Gasteiger partial charge in [-0.15, -0.1) is 5.46 Å². The first-order valence-electron chi connectivity index (χ1n) is 6.58. The van der Waals surface area contributed by atoms with Crippen LogP contribution in [0.1, 0.15) is 32.1 Å². The molecule has 0 saturated heterocycles. The standard InChI is InChI=1S/C13H16BF4O.K/c15-12-6-11(14(16,17)18)7-13(8-12)19-9-10-4-2-1-3-5-10;/h6-8,10H,1-5,9H2;/q-1;+1. The zero-order valence-corrected chi connectivity index (χ0v) is 14.7. The molecular weight excluding hydrogens is 298 g/mol. The van der Waals surface area contributed by atoms with Crippen LogP contribution in [-0.2, 0) is 0 Å². The molecule has 1 saturated carbocycles. The molecular formula is C13H16BF4KO. The first-order chi connectivity index (χ1) is 8.95. The summed E-state index contributed by atoms with van der Waals surface area (Å²) in [7, 11) is 0. The summed E-state index contributed by atoms with van der Waals surface area (Å²) >= 11 is 0. The third-order valence-electron chi connectivity index (χ3n) is 3.48. The van der Waals surface area contributed by atoms with Crippen molar-refractivity contribution in [3.63, 3.8) is 0 Å². The zero-order valence-electron chi connectivity index (χ0n) is 11.5. The van der Waals surface area contributed by atoms with Crippen LogP contribution in [0.25, 0.3) is 0 Å². The van der Waals surface area contributed by atoms with Crippen LogP contribution in [0.3, 0.4) is 0 Å². The van der Waals surface area contributed by atoms with Crippen molar-refractivity contribution in [3.8, 4) is 5.75 Å². The van der Waals surface area contributed by atoms with Crippen molar-refractivity contribution in [1.82, 2.24) is 0 Å². The maximum Gasteiger partial charge on any atom is 1.00 e. The molecule has 106 valence electrons. The number of halogens is 4. The van der Waals surface area contributed by atoms with E-state index in [0.29, 0.717) is 18.6 Å². The molecule has 1 aliphatic carbocycles. The predicted octanol–water partition coefficient (Wildman–Crippen LogP) is 0.843. The topological polar surface area (TPSA) is 9.23 Å². The second-order valence-electron chi connectivity index (χ2n) is 5.11. The van der Waals surface area contributed by atoms with Crippen molar-refractivity contribution >= 4 is 12.4 Å². The summed E-state index contributed by atoms with van der Waals surface area (Å²) in [5.74, 6) is -0.563. The second-order valence-corrected chi connectivity index (χ2v) is 5.11. The fourth-order valence-corrected chi connectivity index (χ4v) is 2.42. The van der Waals surface area contributed by atoms with Gasteiger partial charge in [0.2, 0.25) is 0 Å². The Morgan fingerprint density at radius 3 is 2.30 bits per heavy atom. The van der Waals surface area contributed by atoms with Crippen LogP contribution < -0.4 is 61.6 Å². The van der Waals surface area contributed by atoms with Gasteiger partial charge in [0.1, 0.15) is 11.6 Å². The normalized spacial score (nSPS) is 16.6. The van der Waals surface area contributed by atoms with Gasteiger partial charge in [-0.3, -0.25) is 0 Å². The largest absolute Gasteiger partial charge is 1.00 e. The molecule has 2 rings (SSSR count). The molecule has 0 N–H and O–H groups in total. The van der Waals surface area contributed by atoms with Crippen LogP contribution in [0.5, 0.6) is 5.75 Å². The summed E-state index contributed by atoms with van der Waals surface area (Å²) in [4.78, 5) is 0. The molecule has 0 atom stereocenters. The first kappa shape index (κ1) is 18.5. The Kier molecular flexibility index (Phi) is 7.56. The summed E-state index contributed by atoms with van der Waals surface area (Å²) in [5, 5.41) is 0. The SMILES string of the molecule is Fc1cc(OCC2CCCCC2)cc([B-](F)(F)F)c1.[K+]. The monoisotopic (exact) mass is 314 g/mol. The van der Waals surface area contributed by atoms with Crippen molar-refractivity contribution in [3.05, 3.63) is 24.0 Å². The Morgan fingerprint density at radius 2 is 1.70 bits per heavy atom. The van der Waals surface area contributed by atoms with Gasteiger partial charge >= 0.3 is 58.4 Å². The van der Waals surface area contributed by atoms with Crippen LogP contribution in [0.15, 0.2) is 18.2 Å². The third-order valence-corrected chi connectivity index (χ3v) is 3.48. The van der Waals surface area contributed by atoms with E-state index in [1.165, 1.54) is 6.42 Å². The molecule has 1 aromatic rings. The fraction of sp³-hybridized carbons (Fsp3) is 0.538. The molecule has 0 heterocycles. The molecule has 1 aliphatic rings. The molecule has 0 unspecified atom stereocenters. The molecule has 0 spiro atoms. The fourth-order valence-electron chi connectivity index (χ4n) is 2.42. The molecule has 0 aliphatic heterocycles. The van der Waals surface area contributed by atoms with Crippen molar-refractivity contribution in [1.29, 1.82) is 0 Å². The van der Waals surface area contributed by atoms with Crippen LogP contribution in [0, 0.1) is 11.7 Å². The maximum atomic E-state index is 13.2. The van der Waals surface area contributed by atoms with E-state index in [1.54, 1.807) is 0 Å². The van der Waals surface area contributed by atoms with Crippen LogP contribution in [-0.4, -0.2) is 13.6 Å². The summed E-state index contributed by atoms with van der Waals surface area (Å²) in [6.45, 7) is -4.83. The van der Waals surface area contributed by atoms with Gasteiger partial charge in [-0.25, -0.2) is 4.39 Å². The van der Waals surface area contributed by atoms with Crippen molar-refractivity contribution in [2.45, 2.75) is 32.1 Å². The Labute approximate surface area is 158 Å². The van der Waals surface area contributed by atoms with Gasteiger partial charge in [0.05, 0.1) is 6.61 Å². The molecule has 20 heavy (non-hydrogen) atoms. The van der Waals surface area contributed by atoms with E-state index >= 15 is 0 Å². The van der Waals surface area contributed by atoms with Crippen molar-refractivity contribution in [2.24, 2.45) is 5.92 Å². The molecule has 1 nitrogen and oxygen atoms in total. The van der Waals surface area contributed by atoms with E-state index in [2.05, 4.69) is 0 Å². The Balaban J connectivity index is 0.00000200. The van der Waals surface area contributed by atoms with E-state index < -0.39 is 18.3 Å². The minimum absolute atomic E-state index is 0. The summed E-state index contributed by atoms with van der Waals surface area (Å²) in [6, 6.07) is 2.40. The van der Waals surface area contributed by atoms with Gasteiger partial charge in [-0.1, -0.05) is 25.3 Å². The van der Waals surface area contributed by atoms with Gasteiger partial charge in [-0.05, 0) is 24.8 Å². The minimum Gasteiger partial charge on any atom is -0.493 e. The molecule has 0 aromatic heterocycles. The van der Waals surface area contributed by atoms with Gasteiger partial charge in [0.15, 0.2) is 0 Å². The number of ether oxygens (including phenoxy) is 1. The number of benzene rings is 1. The Hall–Kier alpha value is 0.441. The van der Waals surface area contributed by atoms with Crippen LogP contribution in [0.4, 0.5) is 17.3 Å². The maximum absolute atomic E-state index is 13.2. The molecule has 1 fully saturated rings. The van der Waals surface area contributed by atoms with E-state index in [9.17, 15) is 17.3 Å².